The van der Waals surface area contributed by atoms with Crippen molar-refractivity contribution in [3.8, 4) is 11.5 Å². The van der Waals surface area contributed by atoms with E-state index in [1.807, 2.05) is 123 Å². The summed E-state index contributed by atoms with van der Waals surface area (Å²) in [5, 5.41) is 0. The highest BCUT2D eigenvalue weighted by Gasteiger charge is 2.39. The van der Waals surface area contributed by atoms with Gasteiger partial charge in [-0.05, 0) is 84.6 Å². The van der Waals surface area contributed by atoms with E-state index in [-0.39, 0.29) is 21.3 Å². The molecule has 0 unspecified atom stereocenters. The lowest BCUT2D eigenvalue weighted by atomic mass is 9.64. The van der Waals surface area contributed by atoms with Crippen LogP contribution in [0.25, 0.3) is 12.2 Å². The minimum atomic E-state index is -4.12. The summed E-state index contributed by atoms with van der Waals surface area (Å²) in [4.78, 5) is 0.105. The zero-order chi connectivity index (χ0) is 35.9. The highest BCUT2D eigenvalue weighted by Crippen LogP contribution is 2.47. The van der Waals surface area contributed by atoms with Crippen LogP contribution in [0.3, 0.4) is 0 Å². The largest absolute Gasteiger partial charge is 0.378 e. The summed E-state index contributed by atoms with van der Waals surface area (Å²) in [6.07, 6.45) is 7.29. The van der Waals surface area contributed by atoms with Gasteiger partial charge in [0.15, 0.2) is 0 Å². The van der Waals surface area contributed by atoms with Gasteiger partial charge >= 0.3 is 20.2 Å². The van der Waals surface area contributed by atoms with E-state index < -0.39 is 25.7 Å². The third-order valence-corrected chi connectivity index (χ3v) is 11.0. The number of hydrogen-bond donors (Lipinski definition) is 0. The molecule has 0 aliphatic rings. The van der Waals surface area contributed by atoms with E-state index in [2.05, 4.69) is 0 Å². The molecule has 6 rings (SSSR count). The van der Waals surface area contributed by atoms with Gasteiger partial charge in [0, 0.05) is 11.1 Å². The van der Waals surface area contributed by atoms with Crippen LogP contribution in [-0.2, 0) is 25.7 Å². The molecule has 0 spiro atoms. The van der Waals surface area contributed by atoms with E-state index in [0.717, 1.165) is 22.3 Å². The number of allylic oxidation sites excluding steroid dienone is 2. The summed E-state index contributed by atoms with van der Waals surface area (Å²) in [7, 11) is -8.23. The van der Waals surface area contributed by atoms with Crippen molar-refractivity contribution in [2.24, 2.45) is 0 Å². The first-order chi connectivity index (χ1) is 24.7. The van der Waals surface area contributed by atoms with E-state index in [9.17, 15) is 16.8 Å². The lowest BCUT2D eigenvalue weighted by Gasteiger charge is -2.37. The van der Waals surface area contributed by atoms with Crippen LogP contribution in [-0.4, -0.2) is 16.8 Å². The quantitative estimate of drug-likeness (QED) is 0.0928. The van der Waals surface area contributed by atoms with Crippen molar-refractivity contribution in [3.63, 3.8) is 0 Å². The maximum Gasteiger partial charge on any atom is 0.339 e. The van der Waals surface area contributed by atoms with Crippen LogP contribution in [0.15, 0.2) is 180 Å². The van der Waals surface area contributed by atoms with Gasteiger partial charge in [0.25, 0.3) is 0 Å². The van der Waals surface area contributed by atoms with Gasteiger partial charge in [-0.1, -0.05) is 133 Å². The first-order valence-corrected chi connectivity index (χ1v) is 19.2. The molecule has 0 fully saturated rings. The van der Waals surface area contributed by atoms with Gasteiger partial charge in [-0.2, -0.15) is 16.8 Å². The molecule has 51 heavy (non-hydrogen) atoms. The molecule has 0 saturated heterocycles. The summed E-state index contributed by atoms with van der Waals surface area (Å²) >= 11 is 0. The fourth-order valence-corrected chi connectivity index (χ4v) is 8.17. The second-order valence-corrected chi connectivity index (χ2v) is 14.8. The Bertz CT molecular complexity index is 2220. The molecule has 8 heteroatoms. The van der Waals surface area contributed by atoms with Crippen molar-refractivity contribution in [2.45, 2.75) is 29.1 Å². The number of rotatable bonds is 12. The third-order valence-electron chi connectivity index (χ3n) is 8.45. The average Bonchev–Trinajstić information content (AvgIpc) is 3.15. The first-order valence-electron chi connectivity index (χ1n) is 16.3. The van der Waals surface area contributed by atoms with Crippen LogP contribution in [0, 0.1) is 0 Å². The second kappa shape index (κ2) is 15.0. The predicted molar refractivity (Wildman–Crippen MR) is 203 cm³/mol. The van der Waals surface area contributed by atoms with E-state index in [1.165, 1.54) is 24.3 Å². The molecule has 6 aromatic carbocycles. The molecule has 0 amide bonds. The molecule has 0 saturated carbocycles. The van der Waals surface area contributed by atoms with Crippen molar-refractivity contribution >= 4 is 32.4 Å². The summed E-state index contributed by atoms with van der Waals surface area (Å²) < 4.78 is 64.8. The van der Waals surface area contributed by atoms with Gasteiger partial charge in [0.05, 0.1) is 5.41 Å². The normalized spacial score (nSPS) is 12.3. The van der Waals surface area contributed by atoms with E-state index in [1.54, 1.807) is 48.5 Å². The Balaban J connectivity index is 1.59. The monoisotopic (exact) mass is 712 g/mol. The summed E-state index contributed by atoms with van der Waals surface area (Å²) in [6.45, 7) is 3.71. The fourth-order valence-electron chi connectivity index (χ4n) is 6.22. The van der Waals surface area contributed by atoms with Crippen LogP contribution in [0.1, 0.15) is 47.2 Å². The van der Waals surface area contributed by atoms with Crippen LogP contribution in [0.5, 0.6) is 11.5 Å². The fraction of sp³-hybridized carbons (Fsp3) is 0.0698. The van der Waals surface area contributed by atoms with Crippen LogP contribution >= 0.6 is 0 Å². The molecule has 256 valence electrons. The minimum Gasteiger partial charge on any atom is -0.378 e. The number of hydrogen-bond acceptors (Lipinski definition) is 6. The van der Waals surface area contributed by atoms with Gasteiger partial charge < -0.3 is 8.37 Å². The maximum atomic E-state index is 13.3. The van der Waals surface area contributed by atoms with Crippen molar-refractivity contribution in [1.29, 1.82) is 0 Å². The van der Waals surface area contributed by atoms with Gasteiger partial charge in [-0.15, -0.1) is 0 Å². The highest BCUT2D eigenvalue weighted by molar-refractivity contribution is 7.87. The van der Waals surface area contributed by atoms with Crippen molar-refractivity contribution in [3.05, 3.63) is 203 Å². The van der Waals surface area contributed by atoms with Gasteiger partial charge in [-0.3, -0.25) is 0 Å². The zero-order valence-corrected chi connectivity index (χ0v) is 29.7. The molecule has 0 radical (unpaired) electrons. The molecule has 6 nitrogen and oxygen atoms in total. The van der Waals surface area contributed by atoms with Crippen LogP contribution in [0.4, 0.5) is 0 Å². The minimum absolute atomic E-state index is 0.0523. The summed E-state index contributed by atoms with van der Waals surface area (Å²) in [5.74, 6) is 0.361. The Kier molecular flexibility index (Phi) is 10.4. The second-order valence-electron chi connectivity index (χ2n) is 11.7. The molecule has 0 atom stereocenters. The maximum absolute atomic E-state index is 13.3. The SMILES string of the molecule is C/C=C\c1cc(C(c2ccccc2)(c2ccccc2)c2ccc(OS(=O)(=O)c3ccccc3)c(/C=C\C)c2)ccc1OS(=O)(=O)c1ccccc1. The smallest absolute Gasteiger partial charge is 0.339 e. The Morgan fingerprint density at radius 2 is 0.765 bits per heavy atom. The van der Waals surface area contributed by atoms with Gasteiger partial charge in [-0.25, -0.2) is 0 Å². The lowest BCUT2D eigenvalue weighted by molar-refractivity contribution is 0.483. The van der Waals surface area contributed by atoms with E-state index >= 15 is 0 Å². The average molecular weight is 713 g/mol. The molecule has 6 aromatic rings. The molecule has 0 N–H and O–H groups in total. The standard InChI is InChI=1S/C43H36O6S2/c1-3-17-33-31-37(27-29-41(33)48-50(44,45)39-23-13-7-14-24-39)43(35-19-9-5-10-20-35,36-21-11-6-12-22-36)38-28-30-42(34(32-38)18-4-2)49-51(46,47)40-25-15-8-16-26-40/h3-32H,1-2H3/b17-3-,18-4-. The predicted octanol–water partition coefficient (Wildman–Crippen LogP) is 9.67. The molecule has 0 aromatic heterocycles. The van der Waals surface area contributed by atoms with Crippen LogP contribution < -0.4 is 8.37 Å². The molecule has 0 aliphatic carbocycles. The highest BCUT2D eigenvalue weighted by atomic mass is 32.2. The first kappa shape index (κ1) is 35.1. The van der Waals surface area contributed by atoms with Crippen molar-refractivity contribution in [2.75, 3.05) is 0 Å². The summed E-state index contributed by atoms with van der Waals surface area (Å²) in [5.41, 5.74) is 3.70. The Morgan fingerprint density at radius 3 is 1.10 bits per heavy atom. The Morgan fingerprint density at radius 1 is 0.431 bits per heavy atom. The third kappa shape index (κ3) is 7.29. The summed E-state index contributed by atoms with van der Waals surface area (Å²) in [6, 6.07) is 47.1. The molecule has 0 aliphatic heterocycles. The lowest BCUT2D eigenvalue weighted by Crippen LogP contribution is -2.31. The van der Waals surface area contributed by atoms with E-state index in [0.29, 0.717) is 11.1 Å². The number of benzene rings is 6. The molecular formula is C43H36O6S2. The van der Waals surface area contributed by atoms with Crippen molar-refractivity contribution < 1.29 is 25.2 Å². The molecule has 0 bridgehead atoms. The Labute approximate surface area is 300 Å². The molecular weight excluding hydrogens is 677 g/mol. The Hall–Kier alpha value is -5.70. The van der Waals surface area contributed by atoms with Gasteiger partial charge in [0.2, 0.25) is 0 Å². The molecule has 0 heterocycles. The van der Waals surface area contributed by atoms with E-state index in [4.69, 9.17) is 8.37 Å². The van der Waals surface area contributed by atoms with Crippen LogP contribution in [0.2, 0.25) is 0 Å². The topological polar surface area (TPSA) is 86.7 Å². The van der Waals surface area contributed by atoms with Gasteiger partial charge in [0.1, 0.15) is 21.3 Å². The zero-order valence-electron chi connectivity index (χ0n) is 28.1. The van der Waals surface area contributed by atoms with Crippen molar-refractivity contribution in [1.82, 2.24) is 0 Å².